The summed E-state index contributed by atoms with van der Waals surface area (Å²) in [5, 5.41) is 23.4. The highest BCUT2D eigenvalue weighted by molar-refractivity contribution is 7.86. The number of hydrogen-bond acceptors (Lipinski definition) is 7. The summed E-state index contributed by atoms with van der Waals surface area (Å²) in [7, 11) is -4.14. The Labute approximate surface area is 227 Å². The van der Waals surface area contributed by atoms with Gasteiger partial charge in [-0.25, -0.2) is 4.79 Å². The third-order valence-corrected chi connectivity index (χ3v) is 12.1. The Morgan fingerprint density at radius 2 is 1.76 bits per heavy atom. The van der Waals surface area contributed by atoms with Crippen LogP contribution >= 0.6 is 0 Å². The van der Waals surface area contributed by atoms with Crippen LogP contribution in [0.25, 0.3) is 0 Å². The third kappa shape index (κ3) is 4.55. The molecule has 0 aromatic heterocycles. The van der Waals surface area contributed by atoms with Gasteiger partial charge in [0.05, 0.1) is 16.6 Å². The molecule has 0 saturated heterocycles. The second-order valence-corrected chi connectivity index (χ2v) is 14.6. The van der Waals surface area contributed by atoms with Crippen molar-refractivity contribution < 1.29 is 32.3 Å². The van der Waals surface area contributed by atoms with Gasteiger partial charge in [-0.15, -0.1) is 6.58 Å². The highest BCUT2D eigenvalue weighted by Gasteiger charge is 2.70. The standard InChI is InChI=1S/C30H44O7S/c1-8-27(5)17-23(37-24(31)18-36-38(34,35)22-11-9-19(2)10-12-22)29(7)20(3)13-14-30(21(4)25(27)32)16-15-28(6,33)26(29)30/h8-12,20-21,23,25-26,32-33H,1,13-18H2,2-7H3/t20-,21+,23-,25+,26+,27-,28?,29+,30+/m1/s1. The Bertz CT molecular complexity index is 1180. The monoisotopic (exact) mass is 548 g/mol. The van der Waals surface area contributed by atoms with E-state index in [-0.39, 0.29) is 28.1 Å². The zero-order valence-corrected chi connectivity index (χ0v) is 24.4. The van der Waals surface area contributed by atoms with Crippen LogP contribution in [0.1, 0.15) is 72.3 Å². The van der Waals surface area contributed by atoms with Crippen LogP contribution in [0.3, 0.4) is 0 Å². The maximum atomic E-state index is 13.2. The van der Waals surface area contributed by atoms with Crippen LogP contribution in [0.5, 0.6) is 0 Å². The van der Waals surface area contributed by atoms with Crippen molar-refractivity contribution in [1.29, 1.82) is 0 Å². The van der Waals surface area contributed by atoms with E-state index in [1.165, 1.54) is 12.1 Å². The number of hydrogen-bond donors (Lipinski definition) is 2. The molecule has 1 unspecified atom stereocenters. The van der Waals surface area contributed by atoms with Crippen LogP contribution in [0, 0.1) is 40.9 Å². The van der Waals surface area contributed by atoms with E-state index < -0.39 is 51.3 Å². The molecule has 1 aromatic carbocycles. The van der Waals surface area contributed by atoms with E-state index >= 15 is 0 Å². The lowest BCUT2D eigenvalue weighted by molar-refractivity contribution is -0.233. The molecule has 0 radical (unpaired) electrons. The van der Waals surface area contributed by atoms with Crippen LogP contribution in [0.15, 0.2) is 41.8 Å². The molecule has 7 nitrogen and oxygen atoms in total. The first-order valence-corrected chi connectivity index (χ1v) is 15.1. The average molecular weight is 549 g/mol. The van der Waals surface area contributed by atoms with Gasteiger partial charge in [0.1, 0.15) is 6.10 Å². The van der Waals surface area contributed by atoms with Gasteiger partial charge in [0.25, 0.3) is 10.1 Å². The second-order valence-electron chi connectivity index (χ2n) is 13.0. The zero-order valence-electron chi connectivity index (χ0n) is 23.6. The second kappa shape index (κ2) is 9.72. The molecule has 212 valence electrons. The molecule has 4 rings (SSSR count). The molecular formula is C30H44O7S. The number of carbonyl (C=O) groups excluding carboxylic acids is 1. The highest BCUT2D eigenvalue weighted by atomic mass is 32.2. The molecule has 0 aliphatic heterocycles. The number of esters is 1. The van der Waals surface area contributed by atoms with E-state index in [2.05, 4.69) is 27.4 Å². The van der Waals surface area contributed by atoms with Gasteiger partial charge in [0.2, 0.25) is 0 Å². The van der Waals surface area contributed by atoms with Crippen molar-refractivity contribution in [2.45, 2.75) is 96.4 Å². The predicted octanol–water partition coefficient (Wildman–Crippen LogP) is 4.79. The first kappa shape index (κ1) is 29.2. The van der Waals surface area contributed by atoms with E-state index in [1.54, 1.807) is 18.2 Å². The molecule has 8 heteroatoms. The summed E-state index contributed by atoms with van der Waals surface area (Å²) in [5.74, 6) is -0.963. The summed E-state index contributed by atoms with van der Waals surface area (Å²) in [4.78, 5) is 13.2. The van der Waals surface area contributed by atoms with Gasteiger partial charge < -0.3 is 14.9 Å². The first-order chi connectivity index (χ1) is 17.5. The van der Waals surface area contributed by atoms with Gasteiger partial charge >= 0.3 is 5.97 Å². The fourth-order valence-electron chi connectivity index (χ4n) is 8.34. The number of aliphatic hydroxyl groups excluding tert-OH is 1. The van der Waals surface area contributed by atoms with Crippen LogP contribution in [0.2, 0.25) is 0 Å². The van der Waals surface area contributed by atoms with Gasteiger partial charge in [0.15, 0.2) is 6.61 Å². The lowest BCUT2D eigenvalue weighted by atomic mass is 9.42. The summed E-state index contributed by atoms with van der Waals surface area (Å²) in [6.07, 6.45) is 3.80. The Morgan fingerprint density at radius 1 is 1.13 bits per heavy atom. The third-order valence-electron chi connectivity index (χ3n) is 10.8. The van der Waals surface area contributed by atoms with Crippen LogP contribution < -0.4 is 0 Å². The number of aliphatic hydroxyl groups is 2. The molecule has 9 atom stereocenters. The van der Waals surface area contributed by atoms with E-state index in [1.807, 2.05) is 20.8 Å². The fraction of sp³-hybridized carbons (Fsp3) is 0.700. The molecule has 1 aromatic rings. The summed E-state index contributed by atoms with van der Waals surface area (Å²) < 4.78 is 36.6. The normalized spacial score (nSPS) is 43.0. The maximum absolute atomic E-state index is 13.2. The number of ether oxygens (including phenoxy) is 1. The quantitative estimate of drug-likeness (QED) is 0.299. The summed E-state index contributed by atoms with van der Waals surface area (Å²) >= 11 is 0. The Hall–Kier alpha value is -1.74. The van der Waals surface area contributed by atoms with E-state index in [4.69, 9.17) is 8.92 Å². The molecule has 3 saturated carbocycles. The number of benzene rings is 1. The molecule has 0 heterocycles. The van der Waals surface area contributed by atoms with Crippen molar-refractivity contribution in [2.24, 2.45) is 34.0 Å². The van der Waals surface area contributed by atoms with Crippen molar-refractivity contribution in [3.05, 3.63) is 42.5 Å². The van der Waals surface area contributed by atoms with Gasteiger partial charge in [-0.2, -0.15) is 8.42 Å². The van der Waals surface area contributed by atoms with Crippen molar-refractivity contribution >= 4 is 16.1 Å². The van der Waals surface area contributed by atoms with Gasteiger partial charge in [-0.05, 0) is 75.3 Å². The number of carbonyl (C=O) groups is 1. The fourth-order valence-corrected chi connectivity index (χ4v) is 9.20. The molecule has 3 aliphatic carbocycles. The van der Waals surface area contributed by atoms with Crippen molar-refractivity contribution in [2.75, 3.05) is 6.61 Å². The zero-order chi connectivity index (χ0) is 28.3. The lowest BCUT2D eigenvalue weighted by Gasteiger charge is -2.64. The smallest absolute Gasteiger partial charge is 0.333 e. The summed E-state index contributed by atoms with van der Waals surface area (Å²) in [6, 6.07) is 6.21. The van der Waals surface area contributed by atoms with Gasteiger partial charge in [0, 0.05) is 16.7 Å². The molecule has 3 aliphatic rings. The molecule has 38 heavy (non-hydrogen) atoms. The van der Waals surface area contributed by atoms with E-state index in [0.29, 0.717) is 12.8 Å². The lowest BCUT2D eigenvalue weighted by Crippen LogP contribution is -2.65. The molecule has 0 amide bonds. The summed E-state index contributed by atoms with van der Waals surface area (Å²) in [5.41, 5.74) is -1.75. The Morgan fingerprint density at radius 3 is 2.37 bits per heavy atom. The highest BCUT2D eigenvalue weighted by Crippen LogP contribution is 2.71. The summed E-state index contributed by atoms with van der Waals surface area (Å²) in [6.45, 7) is 15.3. The molecule has 0 spiro atoms. The molecule has 3 fully saturated rings. The van der Waals surface area contributed by atoms with Crippen molar-refractivity contribution in [1.82, 2.24) is 0 Å². The first-order valence-electron chi connectivity index (χ1n) is 13.7. The van der Waals surface area contributed by atoms with Crippen molar-refractivity contribution in [3.8, 4) is 0 Å². The molecular weight excluding hydrogens is 504 g/mol. The SMILES string of the molecule is C=C[C@]1(C)C[C@@H](OC(=O)COS(=O)(=O)c2ccc(C)cc2)[C@]2(C)[C@H](C)CC[C@]3(CCC(C)(O)[C@H]32)[C@@H](C)[C@@H]1O. The van der Waals surface area contributed by atoms with Crippen molar-refractivity contribution in [3.63, 3.8) is 0 Å². The average Bonchev–Trinajstić information content (AvgIpc) is 3.15. The van der Waals surface area contributed by atoms with E-state index in [9.17, 15) is 23.4 Å². The van der Waals surface area contributed by atoms with Gasteiger partial charge in [-0.1, -0.05) is 51.5 Å². The molecule has 2 N–H and O–H groups in total. The number of aryl methyl sites for hydroxylation is 1. The van der Waals surface area contributed by atoms with Gasteiger partial charge in [-0.3, -0.25) is 4.18 Å². The Balaban J connectivity index is 1.68. The minimum Gasteiger partial charge on any atom is -0.460 e. The van der Waals surface area contributed by atoms with E-state index in [0.717, 1.165) is 24.8 Å². The predicted molar refractivity (Wildman–Crippen MR) is 145 cm³/mol. The van der Waals surface area contributed by atoms with Crippen LogP contribution in [0.4, 0.5) is 0 Å². The van der Waals surface area contributed by atoms with Crippen LogP contribution in [-0.4, -0.2) is 49.0 Å². The maximum Gasteiger partial charge on any atom is 0.333 e. The Kier molecular flexibility index (Phi) is 7.48. The van der Waals surface area contributed by atoms with Crippen LogP contribution in [-0.2, 0) is 23.8 Å². The largest absolute Gasteiger partial charge is 0.460 e. The molecule has 2 bridgehead atoms. The minimum absolute atomic E-state index is 0.0298. The number of rotatable bonds is 6. The topological polar surface area (TPSA) is 110 Å². The minimum atomic E-state index is -4.14.